The van der Waals surface area contributed by atoms with E-state index in [0.29, 0.717) is 0 Å². The first kappa shape index (κ1) is 10.7. The smallest absolute Gasteiger partial charge is 0.0102 e. The Balaban J connectivity index is 2.75. The van der Waals surface area contributed by atoms with Crippen LogP contribution in [0.1, 0.15) is 37.4 Å². The highest BCUT2D eigenvalue weighted by molar-refractivity contribution is 7.12. The van der Waals surface area contributed by atoms with Crippen molar-refractivity contribution >= 4 is 11.3 Å². The topological polar surface area (TPSA) is 26.0 Å². The first-order valence-corrected chi connectivity index (χ1v) is 5.56. The fourth-order valence-corrected chi connectivity index (χ4v) is 2.42. The zero-order valence-corrected chi connectivity index (χ0v) is 9.74. The summed E-state index contributed by atoms with van der Waals surface area (Å²) in [4.78, 5) is 2.85. The molecular formula is C11H19NS. The van der Waals surface area contributed by atoms with Gasteiger partial charge in [0.25, 0.3) is 0 Å². The molecule has 1 unspecified atom stereocenters. The van der Waals surface area contributed by atoms with Crippen LogP contribution in [0.25, 0.3) is 0 Å². The van der Waals surface area contributed by atoms with Crippen molar-refractivity contribution in [2.24, 2.45) is 5.73 Å². The SMILES string of the molecule is CC(N)Cc1ccc(C(C)(C)C)s1. The van der Waals surface area contributed by atoms with Gasteiger partial charge in [-0.2, -0.15) is 0 Å². The predicted octanol–water partition coefficient (Wildman–Crippen LogP) is 2.94. The Morgan fingerprint density at radius 1 is 1.38 bits per heavy atom. The minimum Gasteiger partial charge on any atom is -0.328 e. The normalized spacial score (nSPS) is 14.5. The van der Waals surface area contributed by atoms with E-state index in [-0.39, 0.29) is 11.5 Å². The predicted molar refractivity (Wildman–Crippen MR) is 60.4 cm³/mol. The summed E-state index contributed by atoms with van der Waals surface area (Å²) < 4.78 is 0. The van der Waals surface area contributed by atoms with Gasteiger partial charge >= 0.3 is 0 Å². The molecule has 0 aliphatic rings. The average molecular weight is 197 g/mol. The molecule has 0 aliphatic carbocycles. The molecule has 0 saturated heterocycles. The molecule has 1 atom stereocenters. The first-order valence-electron chi connectivity index (χ1n) is 4.74. The molecule has 13 heavy (non-hydrogen) atoms. The summed E-state index contributed by atoms with van der Waals surface area (Å²) in [6.45, 7) is 8.79. The van der Waals surface area contributed by atoms with Crippen LogP contribution in [0.3, 0.4) is 0 Å². The molecular weight excluding hydrogens is 178 g/mol. The van der Waals surface area contributed by atoms with Gasteiger partial charge in [0, 0.05) is 15.8 Å². The lowest BCUT2D eigenvalue weighted by Crippen LogP contribution is -2.16. The summed E-state index contributed by atoms with van der Waals surface area (Å²) in [5.41, 5.74) is 6.03. The lowest BCUT2D eigenvalue weighted by Gasteiger charge is -2.15. The van der Waals surface area contributed by atoms with Gasteiger partial charge < -0.3 is 5.73 Å². The number of rotatable bonds is 2. The second-order valence-electron chi connectivity index (χ2n) is 4.70. The fourth-order valence-electron chi connectivity index (χ4n) is 1.21. The monoisotopic (exact) mass is 197 g/mol. The van der Waals surface area contributed by atoms with E-state index in [9.17, 15) is 0 Å². The van der Waals surface area contributed by atoms with Gasteiger partial charge in [0.15, 0.2) is 0 Å². The van der Waals surface area contributed by atoms with Crippen molar-refractivity contribution in [3.05, 3.63) is 21.9 Å². The molecule has 1 aromatic heterocycles. The standard InChI is InChI=1S/C11H19NS/c1-8(12)7-9-5-6-10(13-9)11(2,3)4/h5-6,8H,7,12H2,1-4H3. The molecule has 74 valence electrons. The Kier molecular flexibility index (Phi) is 3.14. The van der Waals surface area contributed by atoms with Crippen LogP contribution in [0.15, 0.2) is 12.1 Å². The van der Waals surface area contributed by atoms with Gasteiger partial charge in [-0.25, -0.2) is 0 Å². The van der Waals surface area contributed by atoms with Crippen molar-refractivity contribution < 1.29 is 0 Å². The van der Waals surface area contributed by atoms with Crippen LogP contribution in [0, 0.1) is 0 Å². The van der Waals surface area contributed by atoms with Crippen LogP contribution in [-0.4, -0.2) is 6.04 Å². The van der Waals surface area contributed by atoms with Crippen molar-refractivity contribution in [2.75, 3.05) is 0 Å². The Labute approximate surface area is 85.0 Å². The molecule has 0 aromatic carbocycles. The number of nitrogens with two attached hydrogens (primary N) is 1. The van der Waals surface area contributed by atoms with E-state index in [2.05, 4.69) is 39.8 Å². The Morgan fingerprint density at radius 2 is 2.00 bits per heavy atom. The van der Waals surface area contributed by atoms with Gasteiger partial charge in [0.05, 0.1) is 0 Å². The Bertz CT molecular complexity index is 268. The maximum Gasteiger partial charge on any atom is 0.0102 e. The number of hydrogen-bond donors (Lipinski definition) is 1. The molecule has 0 aliphatic heterocycles. The van der Waals surface area contributed by atoms with Crippen LogP contribution < -0.4 is 5.73 Å². The zero-order chi connectivity index (χ0) is 10.1. The van der Waals surface area contributed by atoms with Gasteiger partial charge in [-0.1, -0.05) is 20.8 Å². The third kappa shape index (κ3) is 3.12. The van der Waals surface area contributed by atoms with Gasteiger partial charge in [-0.05, 0) is 30.9 Å². The second-order valence-corrected chi connectivity index (χ2v) is 5.87. The molecule has 1 heterocycles. The quantitative estimate of drug-likeness (QED) is 0.775. The lowest BCUT2D eigenvalue weighted by atomic mass is 9.95. The molecule has 2 heteroatoms. The minimum atomic E-state index is 0.270. The van der Waals surface area contributed by atoms with Crippen molar-refractivity contribution in [1.82, 2.24) is 0 Å². The maximum absolute atomic E-state index is 5.75. The van der Waals surface area contributed by atoms with Gasteiger partial charge in [0.1, 0.15) is 0 Å². The largest absolute Gasteiger partial charge is 0.328 e. The molecule has 1 rings (SSSR count). The first-order chi connectivity index (χ1) is 5.89. The van der Waals surface area contributed by atoms with Crippen molar-refractivity contribution in [3.8, 4) is 0 Å². The van der Waals surface area contributed by atoms with Crippen LogP contribution >= 0.6 is 11.3 Å². The van der Waals surface area contributed by atoms with E-state index < -0.39 is 0 Å². The van der Waals surface area contributed by atoms with Crippen LogP contribution in [0.2, 0.25) is 0 Å². The maximum atomic E-state index is 5.75. The van der Waals surface area contributed by atoms with E-state index in [1.165, 1.54) is 9.75 Å². The molecule has 0 fully saturated rings. The van der Waals surface area contributed by atoms with Crippen molar-refractivity contribution in [3.63, 3.8) is 0 Å². The fraction of sp³-hybridized carbons (Fsp3) is 0.636. The summed E-state index contributed by atoms with van der Waals surface area (Å²) in [6.07, 6.45) is 1.00. The third-order valence-corrected chi connectivity index (χ3v) is 3.46. The zero-order valence-electron chi connectivity index (χ0n) is 8.92. The highest BCUT2D eigenvalue weighted by Crippen LogP contribution is 2.29. The summed E-state index contributed by atoms with van der Waals surface area (Å²) in [6, 6.07) is 4.70. The average Bonchev–Trinajstić information content (AvgIpc) is 2.32. The summed E-state index contributed by atoms with van der Waals surface area (Å²) in [7, 11) is 0. The van der Waals surface area contributed by atoms with E-state index in [1.807, 2.05) is 11.3 Å². The molecule has 0 bridgehead atoms. The molecule has 1 nitrogen and oxygen atoms in total. The molecule has 0 saturated carbocycles. The van der Waals surface area contributed by atoms with Crippen LogP contribution in [0.4, 0.5) is 0 Å². The molecule has 2 N–H and O–H groups in total. The van der Waals surface area contributed by atoms with Crippen molar-refractivity contribution in [1.29, 1.82) is 0 Å². The van der Waals surface area contributed by atoms with Crippen molar-refractivity contribution in [2.45, 2.75) is 45.6 Å². The van der Waals surface area contributed by atoms with Crippen LogP contribution in [-0.2, 0) is 11.8 Å². The minimum absolute atomic E-state index is 0.270. The summed E-state index contributed by atoms with van der Waals surface area (Å²) >= 11 is 1.89. The van der Waals surface area contributed by atoms with E-state index in [0.717, 1.165) is 6.42 Å². The van der Waals surface area contributed by atoms with E-state index in [1.54, 1.807) is 0 Å². The number of hydrogen-bond acceptors (Lipinski definition) is 2. The Morgan fingerprint density at radius 3 is 2.38 bits per heavy atom. The second kappa shape index (κ2) is 3.81. The molecule has 0 spiro atoms. The summed E-state index contributed by atoms with van der Waals surface area (Å²) in [5.74, 6) is 0. The van der Waals surface area contributed by atoms with Gasteiger partial charge in [-0.3, -0.25) is 0 Å². The van der Waals surface area contributed by atoms with Crippen LogP contribution in [0.5, 0.6) is 0 Å². The summed E-state index contributed by atoms with van der Waals surface area (Å²) in [5, 5.41) is 0. The van der Waals surface area contributed by atoms with Gasteiger partial charge in [-0.15, -0.1) is 11.3 Å². The van der Waals surface area contributed by atoms with E-state index in [4.69, 9.17) is 5.73 Å². The number of thiophene rings is 1. The lowest BCUT2D eigenvalue weighted by molar-refractivity contribution is 0.604. The molecule has 0 radical (unpaired) electrons. The molecule has 0 amide bonds. The van der Waals surface area contributed by atoms with E-state index >= 15 is 0 Å². The molecule has 1 aromatic rings. The Hall–Kier alpha value is -0.340. The third-order valence-electron chi connectivity index (χ3n) is 1.92. The highest BCUT2D eigenvalue weighted by atomic mass is 32.1. The highest BCUT2D eigenvalue weighted by Gasteiger charge is 2.16. The van der Waals surface area contributed by atoms with Gasteiger partial charge in [0.2, 0.25) is 0 Å².